The Balaban J connectivity index is 3.13. The minimum atomic E-state index is -4.96. The molecule has 0 unspecified atom stereocenters. The number of nitrogens with zero attached hydrogens (tertiary/aromatic N) is 1. The van der Waals surface area contributed by atoms with E-state index in [2.05, 4.69) is 4.74 Å². The Morgan fingerprint density at radius 2 is 1.85 bits per heavy atom. The fourth-order valence-electron chi connectivity index (χ4n) is 1.27. The SMILES string of the molecule is CN(C)/C=C(/OC(F)(F)F)C(=O)c1ccc(Cl)c(Cl)c1. The van der Waals surface area contributed by atoms with Gasteiger partial charge in [-0.1, -0.05) is 23.2 Å². The molecular formula is C12H10Cl2F3NO2. The maximum absolute atomic E-state index is 12.3. The second-order valence-corrected chi connectivity index (χ2v) is 4.78. The largest absolute Gasteiger partial charge is 0.573 e. The van der Waals surface area contributed by atoms with Gasteiger partial charge in [0.25, 0.3) is 0 Å². The summed E-state index contributed by atoms with van der Waals surface area (Å²) in [5.41, 5.74) is -0.0586. The molecule has 20 heavy (non-hydrogen) atoms. The van der Waals surface area contributed by atoms with Gasteiger partial charge in [0, 0.05) is 25.9 Å². The molecule has 0 bridgehead atoms. The lowest BCUT2D eigenvalue weighted by molar-refractivity contribution is -0.303. The summed E-state index contributed by atoms with van der Waals surface area (Å²) in [6, 6.07) is 3.76. The number of halogens is 5. The molecule has 0 N–H and O–H groups in total. The molecule has 110 valence electrons. The smallest absolute Gasteiger partial charge is 0.400 e. The van der Waals surface area contributed by atoms with Crippen molar-refractivity contribution in [2.45, 2.75) is 6.36 Å². The first-order valence-electron chi connectivity index (χ1n) is 5.24. The number of hydrogen-bond acceptors (Lipinski definition) is 3. The molecule has 0 aliphatic heterocycles. The van der Waals surface area contributed by atoms with Crippen molar-refractivity contribution in [2.75, 3.05) is 14.1 Å². The molecule has 1 rings (SSSR count). The minimum Gasteiger partial charge on any atom is -0.400 e. The summed E-state index contributed by atoms with van der Waals surface area (Å²) >= 11 is 11.4. The lowest BCUT2D eigenvalue weighted by Crippen LogP contribution is -2.20. The molecule has 3 nitrogen and oxygen atoms in total. The molecule has 0 radical (unpaired) electrons. The van der Waals surface area contributed by atoms with Crippen LogP contribution in [0, 0.1) is 0 Å². The third-order valence-electron chi connectivity index (χ3n) is 2.01. The maximum atomic E-state index is 12.3. The van der Waals surface area contributed by atoms with Crippen molar-refractivity contribution in [3.63, 3.8) is 0 Å². The quantitative estimate of drug-likeness (QED) is 0.473. The lowest BCUT2D eigenvalue weighted by Gasteiger charge is -2.14. The Labute approximate surface area is 123 Å². The number of rotatable bonds is 4. The highest BCUT2D eigenvalue weighted by Gasteiger charge is 2.34. The summed E-state index contributed by atoms with van der Waals surface area (Å²) in [6.45, 7) is 0. The van der Waals surface area contributed by atoms with Gasteiger partial charge >= 0.3 is 6.36 Å². The number of carbonyl (C=O) groups excluding carboxylic acids is 1. The van der Waals surface area contributed by atoms with Gasteiger partial charge in [0.05, 0.1) is 10.0 Å². The summed E-state index contributed by atoms with van der Waals surface area (Å²) in [5.74, 6) is -1.81. The van der Waals surface area contributed by atoms with Crippen LogP contribution in [0.2, 0.25) is 10.0 Å². The van der Waals surface area contributed by atoms with E-state index in [1.54, 1.807) is 0 Å². The number of ether oxygens (including phenoxy) is 1. The summed E-state index contributed by atoms with van der Waals surface area (Å²) in [4.78, 5) is 13.3. The van der Waals surface area contributed by atoms with Gasteiger partial charge in [0.15, 0.2) is 5.76 Å². The average molecular weight is 328 g/mol. The fraction of sp³-hybridized carbons (Fsp3) is 0.250. The van der Waals surface area contributed by atoms with Crippen molar-refractivity contribution in [1.82, 2.24) is 4.90 Å². The third-order valence-corrected chi connectivity index (χ3v) is 2.75. The molecule has 0 saturated carbocycles. The number of hydrogen-bond donors (Lipinski definition) is 0. The Bertz CT molecular complexity index is 542. The van der Waals surface area contributed by atoms with E-state index in [-0.39, 0.29) is 15.6 Å². The van der Waals surface area contributed by atoms with Gasteiger partial charge in [-0.3, -0.25) is 4.79 Å². The van der Waals surface area contributed by atoms with Crippen molar-refractivity contribution in [1.29, 1.82) is 0 Å². The number of allylic oxidation sites excluding steroid dienone is 1. The van der Waals surface area contributed by atoms with Crippen LogP contribution in [0.25, 0.3) is 0 Å². The van der Waals surface area contributed by atoms with Crippen LogP contribution in [0.1, 0.15) is 10.4 Å². The number of ketones is 1. The van der Waals surface area contributed by atoms with Crippen LogP contribution in [0.15, 0.2) is 30.2 Å². The Kier molecular flexibility index (Phi) is 5.30. The van der Waals surface area contributed by atoms with Crippen LogP contribution >= 0.6 is 23.2 Å². The molecule has 8 heteroatoms. The van der Waals surface area contributed by atoms with E-state index in [1.807, 2.05) is 0 Å². The molecule has 0 spiro atoms. The standard InChI is InChI=1S/C12H10Cl2F3NO2/c1-18(2)6-10(20-12(15,16)17)11(19)7-3-4-8(13)9(14)5-7/h3-6H,1-2H3/b10-6+. The molecule has 0 atom stereocenters. The molecule has 1 aromatic rings. The van der Waals surface area contributed by atoms with Crippen LogP contribution in [0.3, 0.4) is 0 Å². The van der Waals surface area contributed by atoms with E-state index in [0.29, 0.717) is 0 Å². The average Bonchev–Trinajstić information content (AvgIpc) is 2.28. The van der Waals surface area contributed by atoms with Crippen LogP contribution in [-0.2, 0) is 4.74 Å². The third kappa shape index (κ3) is 4.94. The van der Waals surface area contributed by atoms with Gasteiger partial charge in [-0.25, -0.2) is 0 Å². The van der Waals surface area contributed by atoms with Gasteiger partial charge in [-0.15, -0.1) is 13.2 Å². The summed E-state index contributed by atoms with van der Waals surface area (Å²) in [7, 11) is 2.92. The monoisotopic (exact) mass is 327 g/mol. The molecule has 0 fully saturated rings. The topological polar surface area (TPSA) is 29.5 Å². The van der Waals surface area contributed by atoms with Crippen molar-refractivity contribution in [3.05, 3.63) is 45.8 Å². The second-order valence-electron chi connectivity index (χ2n) is 3.96. The molecule has 0 heterocycles. The number of carbonyl (C=O) groups is 1. The highest BCUT2D eigenvalue weighted by atomic mass is 35.5. The van der Waals surface area contributed by atoms with Crippen LogP contribution in [-0.4, -0.2) is 31.1 Å². The minimum absolute atomic E-state index is 0.0586. The van der Waals surface area contributed by atoms with Crippen LogP contribution < -0.4 is 0 Å². The lowest BCUT2D eigenvalue weighted by atomic mass is 10.1. The van der Waals surface area contributed by atoms with Crippen molar-refractivity contribution >= 4 is 29.0 Å². The van der Waals surface area contributed by atoms with E-state index in [4.69, 9.17) is 23.2 Å². The first kappa shape index (κ1) is 16.7. The highest BCUT2D eigenvalue weighted by molar-refractivity contribution is 6.42. The first-order chi connectivity index (χ1) is 9.10. The molecular weight excluding hydrogens is 318 g/mol. The van der Waals surface area contributed by atoms with E-state index in [1.165, 1.54) is 37.2 Å². The Morgan fingerprint density at radius 1 is 1.25 bits per heavy atom. The predicted molar refractivity (Wildman–Crippen MR) is 69.7 cm³/mol. The zero-order valence-electron chi connectivity index (χ0n) is 10.5. The Morgan fingerprint density at radius 3 is 2.30 bits per heavy atom. The van der Waals surface area contributed by atoms with Gasteiger partial charge in [-0.2, -0.15) is 0 Å². The highest BCUT2D eigenvalue weighted by Crippen LogP contribution is 2.26. The molecule has 1 aromatic carbocycles. The van der Waals surface area contributed by atoms with Gasteiger partial charge in [-0.05, 0) is 18.2 Å². The maximum Gasteiger partial charge on any atom is 0.573 e. The van der Waals surface area contributed by atoms with E-state index in [9.17, 15) is 18.0 Å². The van der Waals surface area contributed by atoms with Crippen LogP contribution in [0.5, 0.6) is 0 Å². The Hall–Kier alpha value is -1.40. The predicted octanol–water partition coefficient (Wildman–Crippen LogP) is 4.12. The van der Waals surface area contributed by atoms with Gasteiger partial charge in [0.1, 0.15) is 0 Å². The fourth-order valence-corrected chi connectivity index (χ4v) is 1.57. The molecule has 0 amide bonds. The van der Waals surface area contributed by atoms with Gasteiger partial charge in [0.2, 0.25) is 5.78 Å². The summed E-state index contributed by atoms with van der Waals surface area (Å²) < 4.78 is 40.6. The zero-order valence-corrected chi connectivity index (χ0v) is 12.0. The molecule has 0 aliphatic carbocycles. The van der Waals surface area contributed by atoms with Gasteiger partial charge < -0.3 is 9.64 Å². The first-order valence-corrected chi connectivity index (χ1v) is 5.99. The zero-order chi connectivity index (χ0) is 15.5. The number of alkyl halides is 3. The van der Waals surface area contributed by atoms with E-state index in [0.717, 1.165) is 6.20 Å². The second kappa shape index (κ2) is 6.37. The van der Waals surface area contributed by atoms with E-state index < -0.39 is 17.9 Å². The van der Waals surface area contributed by atoms with Crippen molar-refractivity contribution < 1.29 is 22.7 Å². The molecule has 0 aliphatic rings. The normalized spacial score (nSPS) is 12.2. The van der Waals surface area contributed by atoms with Crippen LogP contribution in [0.4, 0.5) is 13.2 Å². The van der Waals surface area contributed by atoms with Crippen molar-refractivity contribution in [2.24, 2.45) is 0 Å². The van der Waals surface area contributed by atoms with E-state index >= 15 is 0 Å². The molecule has 0 aromatic heterocycles. The molecule has 0 saturated heterocycles. The number of benzene rings is 1. The number of Topliss-reactive ketones (excluding diaryl/α,β-unsaturated/α-hetero) is 1. The summed E-state index contributed by atoms with van der Waals surface area (Å²) in [5, 5.41) is 0.256. The van der Waals surface area contributed by atoms with Crippen molar-refractivity contribution in [3.8, 4) is 0 Å². The summed E-state index contributed by atoms with van der Waals surface area (Å²) in [6.07, 6.45) is -4.04.